The van der Waals surface area contributed by atoms with E-state index in [0.717, 1.165) is 53.9 Å². The van der Waals surface area contributed by atoms with Gasteiger partial charge in [-0.2, -0.15) is 5.10 Å². The Balaban J connectivity index is 1.58. The van der Waals surface area contributed by atoms with E-state index in [0.29, 0.717) is 18.2 Å². The molecule has 1 aromatic heterocycles. The van der Waals surface area contributed by atoms with E-state index in [1.807, 2.05) is 48.5 Å². The normalized spacial score (nSPS) is 17.1. The highest BCUT2D eigenvalue weighted by molar-refractivity contribution is 6.30. The zero-order valence-corrected chi connectivity index (χ0v) is 19.2. The lowest BCUT2D eigenvalue weighted by atomic mass is 9.85. The molecule has 5 nitrogen and oxygen atoms in total. The Hall–Kier alpha value is -2.63. The Morgan fingerprint density at radius 3 is 2.81 bits per heavy atom. The molecule has 6 heteroatoms. The van der Waals surface area contributed by atoms with Crippen LogP contribution < -0.4 is 5.32 Å². The van der Waals surface area contributed by atoms with Gasteiger partial charge in [-0.15, -0.1) is 0 Å². The fourth-order valence-corrected chi connectivity index (χ4v) is 4.84. The molecule has 4 rings (SSSR count). The first-order chi connectivity index (χ1) is 15.7. The van der Waals surface area contributed by atoms with Crippen LogP contribution in [-0.2, 0) is 17.6 Å². The predicted octanol–water partition coefficient (Wildman–Crippen LogP) is 5.62. The number of rotatable bonds is 7. The molecule has 1 amide bonds. The maximum Gasteiger partial charge on any atom is 0.272 e. The van der Waals surface area contributed by atoms with Crippen LogP contribution >= 0.6 is 11.6 Å². The topological polar surface area (TPSA) is 67.0 Å². The lowest BCUT2D eigenvalue weighted by Crippen LogP contribution is -2.32. The number of methoxy groups -OCH3 is 1. The summed E-state index contributed by atoms with van der Waals surface area (Å²) < 4.78 is 5.37. The average molecular weight is 452 g/mol. The molecule has 2 aromatic carbocycles. The van der Waals surface area contributed by atoms with Crippen molar-refractivity contribution in [2.24, 2.45) is 0 Å². The average Bonchev–Trinajstić information content (AvgIpc) is 3.20. The summed E-state index contributed by atoms with van der Waals surface area (Å²) in [4.78, 5) is 13.3. The second-order valence-electron chi connectivity index (χ2n) is 8.49. The van der Waals surface area contributed by atoms with Gasteiger partial charge in [0.2, 0.25) is 0 Å². The third-order valence-corrected chi connectivity index (χ3v) is 6.45. The first-order valence-corrected chi connectivity index (χ1v) is 11.7. The summed E-state index contributed by atoms with van der Waals surface area (Å²) in [6.07, 6.45) is 6.22. The van der Waals surface area contributed by atoms with Gasteiger partial charge < -0.3 is 10.1 Å². The van der Waals surface area contributed by atoms with Gasteiger partial charge in [0.25, 0.3) is 5.91 Å². The Morgan fingerprint density at radius 2 is 2.03 bits per heavy atom. The van der Waals surface area contributed by atoms with Crippen molar-refractivity contribution in [3.05, 3.63) is 87.7 Å². The molecule has 0 saturated heterocycles. The van der Waals surface area contributed by atoms with E-state index in [9.17, 15) is 4.79 Å². The second-order valence-corrected chi connectivity index (χ2v) is 8.92. The minimum absolute atomic E-state index is 0.157. The number of aromatic amines is 1. The number of benzene rings is 2. The smallest absolute Gasteiger partial charge is 0.272 e. The van der Waals surface area contributed by atoms with Gasteiger partial charge in [-0.25, -0.2) is 0 Å². The van der Waals surface area contributed by atoms with Crippen molar-refractivity contribution in [3.8, 4) is 0 Å². The van der Waals surface area contributed by atoms with Crippen LogP contribution in [0.2, 0.25) is 5.02 Å². The maximum absolute atomic E-state index is 13.3. The summed E-state index contributed by atoms with van der Waals surface area (Å²) >= 11 is 6.21. The fourth-order valence-electron chi connectivity index (χ4n) is 4.62. The van der Waals surface area contributed by atoms with Crippen LogP contribution in [0.4, 0.5) is 0 Å². The number of halogens is 1. The van der Waals surface area contributed by atoms with Crippen molar-refractivity contribution >= 4 is 17.5 Å². The Labute approximate surface area is 194 Å². The molecule has 1 aliphatic rings. The van der Waals surface area contributed by atoms with Crippen molar-refractivity contribution in [2.45, 2.75) is 50.5 Å². The van der Waals surface area contributed by atoms with E-state index in [2.05, 4.69) is 21.6 Å². The number of ether oxygens (including phenoxy) is 1. The van der Waals surface area contributed by atoms with Crippen LogP contribution in [0.1, 0.15) is 70.5 Å². The molecule has 168 valence electrons. The zero-order chi connectivity index (χ0) is 22.3. The quantitative estimate of drug-likeness (QED) is 0.489. The molecule has 0 spiro atoms. The van der Waals surface area contributed by atoms with E-state index in [1.165, 1.54) is 12.0 Å². The third-order valence-electron chi connectivity index (χ3n) is 6.21. The monoisotopic (exact) mass is 451 g/mol. The van der Waals surface area contributed by atoms with Crippen LogP contribution in [0.5, 0.6) is 0 Å². The molecule has 1 heterocycles. The van der Waals surface area contributed by atoms with Gasteiger partial charge in [0, 0.05) is 29.3 Å². The molecule has 3 aromatic rings. The van der Waals surface area contributed by atoms with Crippen LogP contribution in [0.25, 0.3) is 0 Å². The third kappa shape index (κ3) is 5.40. The summed E-state index contributed by atoms with van der Waals surface area (Å²) in [6, 6.07) is 17.7. The minimum Gasteiger partial charge on any atom is -0.382 e. The van der Waals surface area contributed by atoms with Crippen molar-refractivity contribution < 1.29 is 9.53 Å². The molecule has 0 aliphatic heterocycles. The Bertz CT molecular complexity index is 1030. The molecule has 0 radical (unpaired) electrons. The number of nitrogens with zero attached hydrogens (tertiary/aromatic N) is 1. The van der Waals surface area contributed by atoms with Gasteiger partial charge in [0.05, 0.1) is 12.6 Å². The highest BCUT2D eigenvalue weighted by atomic mass is 35.5. The molecule has 0 unspecified atom stereocenters. The van der Waals surface area contributed by atoms with Crippen LogP contribution in [0.15, 0.2) is 54.6 Å². The van der Waals surface area contributed by atoms with Gasteiger partial charge in [-0.3, -0.25) is 9.89 Å². The summed E-state index contributed by atoms with van der Waals surface area (Å²) in [5, 5.41) is 11.6. The first kappa shape index (κ1) is 22.6. The van der Waals surface area contributed by atoms with E-state index in [-0.39, 0.29) is 11.9 Å². The van der Waals surface area contributed by atoms with Crippen molar-refractivity contribution in [1.82, 2.24) is 15.5 Å². The number of hydrogen-bond donors (Lipinski definition) is 2. The largest absolute Gasteiger partial charge is 0.382 e. The number of carbonyl (C=O) groups excluding carboxylic acids is 1. The molecule has 0 bridgehead atoms. The zero-order valence-electron chi connectivity index (χ0n) is 18.4. The van der Waals surface area contributed by atoms with E-state index < -0.39 is 0 Å². The standard InChI is InChI=1S/C26H30ClN3O2/c1-32-17-23(19-10-4-2-5-11-19)28-26(31)25-22-14-7-3-6-12-20(24(22)29-30-25)15-18-9-8-13-21(27)16-18/h2,4-5,8-11,13,16,20,23H,3,6-7,12,14-15,17H2,1H3,(H,28,31)(H,29,30)/t20-,23-/m0/s1. The number of hydrogen-bond acceptors (Lipinski definition) is 3. The molecule has 1 aliphatic carbocycles. The molecule has 0 fully saturated rings. The van der Waals surface area contributed by atoms with Gasteiger partial charge in [-0.05, 0) is 48.9 Å². The summed E-state index contributed by atoms with van der Waals surface area (Å²) in [7, 11) is 1.65. The highest BCUT2D eigenvalue weighted by Crippen LogP contribution is 2.33. The lowest BCUT2D eigenvalue weighted by molar-refractivity contribution is 0.0890. The molecule has 32 heavy (non-hydrogen) atoms. The van der Waals surface area contributed by atoms with Crippen molar-refractivity contribution in [2.75, 3.05) is 13.7 Å². The predicted molar refractivity (Wildman–Crippen MR) is 127 cm³/mol. The number of aromatic nitrogens is 2. The molecule has 2 atom stereocenters. The number of carbonyl (C=O) groups is 1. The summed E-state index contributed by atoms with van der Waals surface area (Å²) in [5.74, 6) is 0.136. The number of amides is 1. The molecular weight excluding hydrogens is 422 g/mol. The maximum atomic E-state index is 13.3. The molecule has 0 saturated carbocycles. The molecular formula is C26H30ClN3O2. The van der Waals surface area contributed by atoms with E-state index >= 15 is 0 Å². The van der Waals surface area contributed by atoms with Crippen LogP contribution in [-0.4, -0.2) is 29.8 Å². The minimum atomic E-state index is -0.225. The van der Waals surface area contributed by atoms with Crippen LogP contribution in [0, 0.1) is 0 Å². The van der Waals surface area contributed by atoms with Gasteiger partial charge in [0.1, 0.15) is 0 Å². The summed E-state index contributed by atoms with van der Waals surface area (Å²) in [6.45, 7) is 0.403. The Morgan fingerprint density at radius 1 is 1.19 bits per heavy atom. The van der Waals surface area contributed by atoms with Gasteiger partial charge >= 0.3 is 0 Å². The van der Waals surface area contributed by atoms with Crippen molar-refractivity contribution in [3.63, 3.8) is 0 Å². The number of H-pyrrole nitrogens is 1. The summed E-state index contributed by atoms with van der Waals surface area (Å²) in [5.41, 5.74) is 4.88. The SMILES string of the molecule is COC[C@H](NC(=O)c1n[nH]c2c1CCCCC[C@H]2Cc1cccc(Cl)c1)c1ccccc1. The number of fused-ring (bicyclic) bond motifs is 1. The van der Waals surface area contributed by atoms with E-state index in [4.69, 9.17) is 16.3 Å². The van der Waals surface area contributed by atoms with E-state index in [1.54, 1.807) is 7.11 Å². The second kappa shape index (κ2) is 10.8. The fraction of sp³-hybridized carbons (Fsp3) is 0.385. The highest BCUT2D eigenvalue weighted by Gasteiger charge is 2.27. The molecule has 2 N–H and O–H groups in total. The number of nitrogens with one attached hydrogen (secondary N) is 2. The Kier molecular flexibility index (Phi) is 7.61. The van der Waals surface area contributed by atoms with Crippen molar-refractivity contribution in [1.29, 1.82) is 0 Å². The van der Waals surface area contributed by atoms with Gasteiger partial charge in [0.15, 0.2) is 5.69 Å². The van der Waals surface area contributed by atoms with Crippen LogP contribution in [0.3, 0.4) is 0 Å². The first-order valence-electron chi connectivity index (χ1n) is 11.3. The van der Waals surface area contributed by atoms with Gasteiger partial charge in [-0.1, -0.05) is 66.9 Å². The lowest BCUT2D eigenvalue weighted by Gasteiger charge is -2.21.